The van der Waals surface area contributed by atoms with Gasteiger partial charge in [-0.25, -0.2) is 0 Å². The van der Waals surface area contributed by atoms with Crippen molar-refractivity contribution in [3.8, 4) is 0 Å². The highest BCUT2D eigenvalue weighted by atomic mass is 35.5. The van der Waals surface area contributed by atoms with Crippen LogP contribution in [-0.4, -0.2) is 18.2 Å². The van der Waals surface area contributed by atoms with Gasteiger partial charge in [0.15, 0.2) is 0 Å². The molecule has 2 rings (SSSR count). The maximum atomic E-state index is 11.8. The number of thioether (sulfide) groups is 1. The summed E-state index contributed by atoms with van der Waals surface area (Å²) in [6.07, 6.45) is 1.96. The fraction of sp³-hybridized carbons (Fsp3) is 0.278. The molecule has 2 aromatic carbocycles. The number of benzene rings is 2. The Hall–Kier alpha value is -1.45. The molecule has 0 aliphatic rings. The lowest BCUT2D eigenvalue weighted by Crippen LogP contribution is -2.26. The van der Waals surface area contributed by atoms with Gasteiger partial charge in [0.05, 0.1) is 5.75 Å². The molecular weight excluding hydrogens is 314 g/mol. The zero-order chi connectivity index (χ0) is 15.6. The van der Waals surface area contributed by atoms with Gasteiger partial charge in [0.1, 0.15) is 0 Å². The van der Waals surface area contributed by atoms with Crippen LogP contribution in [0.15, 0.2) is 54.6 Å². The summed E-state index contributed by atoms with van der Waals surface area (Å²) in [6.45, 7) is 0.728. The van der Waals surface area contributed by atoms with Crippen LogP contribution in [0.4, 0.5) is 0 Å². The molecule has 0 saturated carbocycles. The molecular formula is C18H20ClNOS. The fourth-order valence-corrected chi connectivity index (χ4v) is 3.12. The summed E-state index contributed by atoms with van der Waals surface area (Å²) >= 11 is 7.54. The minimum Gasteiger partial charge on any atom is -0.355 e. The highest BCUT2D eigenvalue weighted by Gasteiger charge is 2.02. The molecule has 0 bridgehead atoms. The second kappa shape index (κ2) is 9.54. The Morgan fingerprint density at radius 3 is 2.59 bits per heavy atom. The van der Waals surface area contributed by atoms with Gasteiger partial charge in [-0.15, -0.1) is 11.8 Å². The Morgan fingerprint density at radius 2 is 1.82 bits per heavy atom. The monoisotopic (exact) mass is 333 g/mol. The number of hydrogen-bond acceptors (Lipinski definition) is 2. The van der Waals surface area contributed by atoms with E-state index in [4.69, 9.17) is 11.6 Å². The zero-order valence-electron chi connectivity index (χ0n) is 12.4. The molecule has 2 aromatic rings. The van der Waals surface area contributed by atoms with Gasteiger partial charge in [0.2, 0.25) is 5.91 Å². The molecule has 0 aliphatic heterocycles. The summed E-state index contributed by atoms with van der Waals surface area (Å²) in [6, 6.07) is 18.1. The van der Waals surface area contributed by atoms with Gasteiger partial charge in [-0.1, -0.05) is 54.1 Å². The number of aryl methyl sites for hydroxylation is 1. The van der Waals surface area contributed by atoms with E-state index in [0.29, 0.717) is 5.75 Å². The first-order valence-electron chi connectivity index (χ1n) is 7.37. The topological polar surface area (TPSA) is 29.1 Å². The third-order valence-electron chi connectivity index (χ3n) is 3.20. The Kier molecular flexibility index (Phi) is 7.34. The van der Waals surface area contributed by atoms with Crippen molar-refractivity contribution in [2.24, 2.45) is 0 Å². The van der Waals surface area contributed by atoms with E-state index in [0.717, 1.165) is 35.7 Å². The number of nitrogens with one attached hydrogen (secondary N) is 1. The van der Waals surface area contributed by atoms with Crippen LogP contribution in [0.2, 0.25) is 5.02 Å². The van der Waals surface area contributed by atoms with Crippen molar-refractivity contribution in [3.05, 3.63) is 70.7 Å². The van der Waals surface area contributed by atoms with E-state index < -0.39 is 0 Å². The third-order valence-corrected chi connectivity index (χ3v) is 4.44. The SMILES string of the molecule is O=C(CSCc1cccc(Cl)c1)NCCCc1ccccc1. The van der Waals surface area contributed by atoms with E-state index in [1.54, 1.807) is 11.8 Å². The molecule has 0 aromatic heterocycles. The van der Waals surface area contributed by atoms with Crippen molar-refractivity contribution in [1.29, 1.82) is 0 Å². The molecule has 22 heavy (non-hydrogen) atoms. The van der Waals surface area contributed by atoms with E-state index in [9.17, 15) is 4.79 Å². The largest absolute Gasteiger partial charge is 0.355 e. The molecule has 0 radical (unpaired) electrons. The maximum absolute atomic E-state index is 11.8. The Balaban J connectivity index is 1.56. The Bertz CT molecular complexity index is 589. The number of hydrogen-bond donors (Lipinski definition) is 1. The highest BCUT2D eigenvalue weighted by molar-refractivity contribution is 7.99. The van der Waals surface area contributed by atoms with Crippen LogP contribution in [0.3, 0.4) is 0 Å². The maximum Gasteiger partial charge on any atom is 0.230 e. The van der Waals surface area contributed by atoms with E-state index in [2.05, 4.69) is 17.4 Å². The van der Waals surface area contributed by atoms with Crippen molar-refractivity contribution in [1.82, 2.24) is 5.32 Å². The zero-order valence-corrected chi connectivity index (χ0v) is 14.0. The third kappa shape index (κ3) is 6.54. The van der Waals surface area contributed by atoms with Gasteiger partial charge in [0.25, 0.3) is 0 Å². The second-order valence-corrected chi connectivity index (χ2v) is 6.48. The first kappa shape index (κ1) is 16.9. The first-order valence-corrected chi connectivity index (χ1v) is 8.90. The second-order valence-electron chi connectivity index (χ2n) is 5.06. The van der Waals surface area contributed by atoms with E-state index in [1.807, 2.05) is 42.5 Å². The van der Waals surface area contributed by atoms with Crippen LogP contribution in [-0.2, 0) is 17.0 Å². The molecule has 0 unspecified atom stereocenters. The van der Waals surface area contributed by atoms with Gasteiger partial charge in [-0.3, -0.25) is 4.79 Å². The number of amides is 1. The van der Waals surface area contributed by atoms with Crippen LogP contribution in [0.1, 0.15) is 17.5 Å². The highest BCUT2D eigenvalue weighted by Crippen LogP contribution is 2.16. The minimum atomic E-state index is 0.0973. The number of halogens is 1. The fourth-order valence-electron chi connectivity index (χ4n) is 2.10. The summed E-state index contributed by atoms with van der Waals surface area (Å²) in [4.78, 5) is 11.8. The van der Waals surface area contributed by atoms with Gasteiger partial charge < -0.3 is 5.32 Å². The minimum absolute atomic E-state index is 0.0973. The van der Waals surface area contributed by atoms with Crippen LogP contribution >= 0.6 is 23.4 Å². The van der Waals surface area contributed by atoms with Crippen molar-refractivity contribution in [3.63, 3.8) is 0 Å². The van der Waals surface area contributed by atoms with Crippen LogP contribution in [0, 0.1) is 0 Å². The van der Waals surface area contributed by atoms with E-state index in [1.165, 1.54) is 5.56 Å². The van der Waals surface area contributed by atoms with Gasteiger partial charge in [-0.2, -0.15) is 0 Å². The molecule has 0 fully saturated rings. The number of carbonyl (C=O) groups excluding carboxylic acids is 1. The molecule has 1 N–H and O–H groups in total. The lowest BCUT2D eigenvalue weighted by molar-refractivity contribution is -0.118. The van der Waals surface area contributed by atoms with Crippen molar-refractivity contribution < 1.29 is 4.79 Å². The standard InChI is InChI=1S/C18H20ClNOS/c19-17-10-4-8-16(12-17)13-22-14-18(21)20-11-5-9-15-6-2-1-3-7-15/h1-4,6-8,10,12H,5,9,11,13-14H2,(H,20,21). The molecule has 116 valence electrons. The van der Waals surface area contributed by atoms with Crippen molar-refractivity contribution >= 4 is 29.3 Å². The Labute approximate surface area is 141 Å². The Morgan fingerprint density at radius 1 is 1.05 bits per heavy atom. The summed E-state index contributed by atoms with van der Waals surface area (Å²) in [7, 11) is 0. The molecule has 4 heteroatoms. The van der Waals surface area contributed by atoms with E-state index in [-0.39, 0.29) is 5.91 Å². The normalized spacial score (nSPS) is 10.4. The predicted octanol–water partition coefficient (Wildman–Crippen LogP) is 4.32. The molecule has 0 heterocycles. The van der Waals surface area contributed by atoms with Crippen molar-refractivity contribution in [2.45, 2.75) is 18.6 Å². The first-order chi connectivity index (χ1) is 10.7. The lowest BCUT2D eigenvalue weighted by Gasteiger charge is -2.06. The van der Waals surface area contributed by atoms with Gasteiger partial charge in [0, 0.05) is 17.3 Å². The molecule has 2 nitrogen and oxygen atoms in total. The average molecular weight is 334 g/mol. The molecule has 0 saturated heterocycles. The van der Waals surface area contributed by atoms with Crippen molar-refractivity contribution in [2.75, 3.05) is 12.3 Å². The van der Waals surface area contributed by atoms with Gasteiger partial charge in [-0.05, 0) is 36.1 Å². The summed E-state index contributed by atoms with van der Waals surface area (Å²) in [5, 5.41) is 3.70. The van der Waals surface area contributed by atoms with E-state index >= 15 is 0 Å². The van der Waals surface area contributed by atoms with Crippen LogP contribution in [0.25, 0.3) is 0 Å². The summed E-state index contributed by atoms with van der Waals surface area (Å²) in [5.74, 6) is 1.38. The summed E-state index contributed by atoms with van der Waals surface area (Å²) < 4.78 is 0. The lowest BCUT2D eigenvalue weighted by atomic mass is 10.1. The number of rotatable bonds is 8. The van der Waals surface area contributed by atoms with Gasteiger partial charge >= 0.3 is 0 Å². The molecule has 0 spiro atoms. The summed E-state index contributed by atoms with van der Waals surface area (Å²) in [5.41, 5.74) is 2.46. The average Bonchev–Trinajstić information content (AvgIpc) is 2.53. The van der Waals surface area contributed by atoms with Crippen LogP contribution in [0.5, 0.6) is 0 Å². The quantitative estimate of drug-likeness (QED) is 0.729. The number of carbonyl (C=O) groups is 1. The molecule has 0 atom stereocenters. The smallest absolute Gasteiger partial charge is 0.230 e. The van der Waals surface area contributed by atoms with Crippen LogP contribution < -0.4 is 5.32 Å². The molecule has 0 aliphatic carbocycles. The predicted molar refractivity (Wildman–Crippen MR) is 95.4 cm³/mol. The molecule has 1 amide bonds.